The zero-order valence-electron chi connectivity index (χ0n) is 11.3. The maximum atomic E-state index is 11.8. The largest absolute Gasteiger partial charge is 0.507 e. The van der Waals surface area contributed by atoms with Gasteiger partial charge >= 0.3 is 0 Å². The molecule has 0 aliphatic rings. The summed E-state index contributed by atoms with van der Waals surface area (Å²) in [6, 6.07) is 3.07. The number of phenolic OH excluding ortho intramolecular Hbond substituents is 1. The van der Waals surface area contributed by atoms with Gasteiger partial charge in [-0.3, -0.25) is 4.79 Å². The fourth-order valence-corrected chi connectivity index (χ4v) is 1.75. The molecule has 4 N–H and O–H groups in total. The molecule has 0 spiro atoms. The Morgan fingerprint density at radius 1 is 1.44 bits per heavy atom. The van der Waals surface area contributed by atoms with Crippen molar-refractivity contribution in [3.8, 4) is 5.75 Å². The molecule has 1 atom stereocenters. The van der Waals surface area contributed by atoms with Crippen molar-refractivity contribution < 1.29 is 9.90 Å². The van der Waals surface area contributed by atoms with Crippen LogP contribution >= 0.6 is 0 Å². The first-order chi connectivity index (χ1) is 8.47. The van der Waals surface area contributed by atoms with Crippen LogP contribution in [0.4, 0.5) is 5.69 Å². The number of benzene rings is 1. The standard InChI is InChI=1S/C14H22N2O2/c1-4-5-6-11(15)14(18)16-12-8-7-9(2)13(17)10(12)3/h7-8,11,17H,4-6,15H2,1-3H3,(H,16,18)/t11-/m0/s1. The van der Waals surface area contributed by atoms with Gasteiger partial charge in [-0.2, -0.15) is 0 Å². The van der Waals surface area contributed by atoms with Crippen LogP contribution in [-0.4, -0.2) is 17.1 Å². The van der Waals surface area contributed by atoms with E-state index in [-0.39, 0.29) is 11.7 Å². The third kappa shape index (κ3) is 3.47. The summed E-state index contributed by atoms with van der Waals surface area (Å²) in [5, 5.41) is 12.6. The van der Waals surface area contributed by atoms with Crippen LogP contribution in [0.1, 0.15) is 37.3 Å². The van der Waals surface area contributed by atoms with Gasteiger partial charge in [0.05, 0.1) is 6.04 Å². The number of nitrogens with two attached hydrogens (primary N) is 1. The molecule has 0 saturated carbocycles. The average molecular weight is 250 g/mol. The molecule has 0 aromatic heterocycles. The van der Waals surface area contributed by atoms with Crippen molar-refractivity contribution in [3.05, 3.63) is 23.3 Å². The highest BCUT2D eigenvalue weighted by atomic mass is 16.3. The Bertz CT molecular complexity index is 430. The number of aromatic hydroxyl groups is 1. The van der Waals surface area contributed by atoms with E-state index in [1.54, 1.807) is 19.1 Å². The van der Waals surface area contributed by atoms with Gasteiger partial charge in [-0.1, -0.05) is 25.8 Å². The molecule has 0 radical (unpaired) electrons. The maximum Gasteiger partial charge on any atom is 0.241 e. The van der Waals surface area contributed by atoms with Crippen LogP contribution in [0.2, 0.25) is 0 Å². The molecule has 0 aliphatic heterocycles. The van der Waals surface area contributed by atoms with E-state index in [0.29, 0.717) is 17.7 Å². The summed E-state index contributed by atoms with van der Waals surface area (Å²) in [5.74, 6) is 0.0183. The van der Waals surface area contributed by atoms with E-state index in [0.717, 1.165) is 18.4 Å². The predicted octanol–water partition coefficient (Wildman–Crippen LogP) is 2.47. The number of amides is 1. The molecule has 4 nitrogen and oxygen atoms in total. The number of carbonyl (C=O) groups is 1. The number of carbonyl (C=O) groups excluding carboxylic acids is 1. The van der Waals surface area contributed by atoms with Crippen LogP contribution in [0.5, 0.6) is 5.75 Å². The first-order valence-electron chi connectivity index (χ1n) is 6.33. The van der Waals surface area contributed by atoms with Crippen molar-refractivity contribution in [2.45, 2.75) is 46.1 Å². The lowest BCUT2D eigenvalue weighted by Crippen LogP contribution is -2.35. The van der Waals surface area contributed by atoms with Crippen molar-refractivity contribution in [2.24, 2.45) is 5.73 Å². The first kappa shape index (κ1) is 14.5. The van der Waals surface area contributed by atoms with Gasteiger partial charge in [0.25, 0.3) is 0 Å². The van der Waals surface area contributed by atoms with Crippen molar-refractivity contribution >= 4 is 11.6 Å². The lowest BCUT2D eigenvalue weighted by atomic mass is 10.1. The van der Waals surface area contributed by atoms with Crippen LogP contribution in [-0.2, 0) is 4.79 Å². The zero-order valence-corrected chi connectivity index (χ0v) is 11.3. The van der Waals surface area contributed by atoms with Gasteiger partial charge < -0.3 is 16.2 Å². The van der Waals surface area contributed by atoms with Crippen LogP contribution < -0.4 is 11.1 Å². The monoisotopic (exact) mass is 250 g/mol. The van der Waals surface area contributed by atoms with Crippen LogP contribution in [0.25, 0.3) is 0 Å². The van der Waals surface area contributed by atoms with Crippen molar-refractivity contribution in [1.29, 1.82) is 0 Å². The lowest BCUT2D eigenvalue weighted by molar-refractivity contribution is -0.117. The van der Waals surface area contributed by atoms with E-state index in [4.69, 9.17) is 5.73 Å². The molecule has 0 heterocycles. The van der Waals surface area contributed by atoms with Crippen LogP contribution in [0, 0.1) is 13.8 Å². The minimum absolute atomic E-state index is 0.199. The van der Waals surface area contributed by atoms with E-state index < -0.39 is 6.04 Å². The topological polar surface area (TPSA) is 75.4 Å². The summed E-state index contributed by atoms with van der Waals surface area (Å²) in [6.07, 6.45) is 2.64. The third-order valence-corrected chi connectivity index (χ3v) is 3.10. The number of rotatable bonds is 5. The second-order valence-corrected chi connectivity index (χ2v) is 4.64. The summed E-state index contributed by atoms with van der Waals surface area (Å²) >= 11 is 0. The molecule has 0 aliphatic carbocycles. The van der Waals surface area contributed by atoms with Gasteiger partial charge in [0.2, 0.25) is 5.91 Å². The Balaban J connectivity index is 2.73. The normalized spacial score (nSPS) is 12.2. The van der Waals surface area contributed by atoms with Gasteiger partial charge in [0.1, 0.15) is 5.75 Å². The second kappa shape index (κ2) is 6.40. The number of hydrogen-bond donors (Lipinski definition) is 3. The number of hydrogen-bond acceptors (Lipinski definition) is 3. The van der Waals surface area contributed by atoms with E-state index in [1.807, 2.05) is 6.92 Å². The van der Waals surface area contributed by atoms with Gasteiger partial charge in [-0.15, -0.1) is 0 Å². The van der Waals surface area contributed by atoms with E-state index >= 15 is 0 Å². The Morgan fingerprint density at radius 3 is 2.72 bits per heavy atom. The number of anilines is 1. The molecule has 100 valence electrons. The molecule has 0 fully saturated rings. The molecule has 1 amide bonds. The molecule has 0 unspecified atom stereocenters. The van der Waals surface area contributed by atoms with Gasteiger partial charge in [0.15, 0.2) is 0 Å². The number of aryl methyl sites for hydroxylation is 1. The zero-order chi connectivity index (χ0) is 13.7. The van der Waals surface area contributed by atoms with E-state index in [1.165, 1.54) is 0 Å². The highest BCUT2D eigenvalue weighted by Gasteiger charge is 2.15. The maximum absolute atomic E-state index is 11.8. The van der Waals surface area contributed by atoms with Crippen molar-refractivity contribution in [2.75, 3.05) is 5.32 Å². The smallest absolute Gasteiger partial charge is 0.241 e. The molecule has 1 aromatic carbocycles. The summed E-state index contributed by atoms with van der Waals surface area (Å²) in [6.45, 7) is 5.66. The first-order valence-corrected chi connectivity index (χ1v) is 6.33. The highest BCUT2D eigenvalue weighted by molar-refractivity contribution is 5.95. The SMILES string of the molecule is CCCC[C@H](N)C(=O)Nc1ccc(C)c(O)c1C. The van der Waals surface area contributed by atoms with Gasteiger partial charge in [-0.05, 0) is 31.9 Å². The number of unbranched alkanes of at least 4 members (excludes halogenated alkanes) is 1. The summed E-state index contributed by atoms with van der Waals surface area (Å²) in [5.41, 5.74) is 7.88. The van der Waals surface area contributed by atoms with Crippen molar-refractivity contribution in [3.63, 3.8) is 0 Å². The average Bonchev–Trinajstić information content (AvgIpc) is 2.36. The molecule has 0 saturated heterocycles. The van der Waals surface area contributed by atoms with Crippen molar-refractivity contribution in [1.82, 2.24) is 0 Å². The van der Waals surface area contributed by atoms with Crippen LogP contribution in [0.15, 0.2) is 12.1 Å². The fraction of sp³-hybridized carbons (Fsp3) is 0.500. The number of nitrogens with one attached hydrogen (secondary N) is 1. The van der Waals surface area contributed by atoms with Gasteiger partial charge in [-0.25, -0.2) is 0 Å². The quantitative estimate of drug-likeness (QED) is 0.751. The minimum atomic E-state index is -0.493. The molecular formula is C14H22N2O2. The fourth-order valence-electron chi connectivity index (χ4n) is 1.75. The molecule has 1 rings (SSSR count). The van der Waals surface area contributed by atoms with E-state index in [2.05, 4.69) is 12.2 Å². The third-order valence-electron chi connectivity index (χ3n) is 3.10. The molecular weight excluding hydrogens is 228 g/mol. The van der Waals surface area contributed by atoms with Gasteiger partial charge in [0, 0.05) is 11.3 Å². The Hall–Kier alpha value is -1.55. The minimum Gasteiger partial charge on any atom is -0.507 e. The summed E-state index contributed by atoms with van der Waals surface area (Å²) in [7, 11) is 0. The predicted molar refractivity (Wildman–Crippen MR) is 73.7 cm³/mol. The Labute approximate surface area is 108 Å². The molecule has 4 heteroatoms. The Morgan fingerprint density at radius 2 is 2.11 bits per heavy atom. The lowest BCUT2D eigenvalue weighted by Gasteiger charge is -2.14. The summed E-state index contributed by atoms with van der Waals surface area (Å²) < 4.78 is 0. The highest BCUT2D eigenvalue weighted by Crippen LogP contribution is 2.28. The second-order valence-electron chi connectivity index (χ2n) is 4.64. The molecule has 18 heavy (non-hydrogen) atoms. The Kier molecular flexibility index (Phi) is 5.16. The summed E-state index contributed by atoms with van der Waals surface area (Å²) in [4.78, 5) is 11.8. The van der Waals surface area contributed by atoms with Crippen LogP contribution in [0.3, 0.4) is 0 Å². The van der Waals surface area contributed by atoms with E-state index in [9.17, 15) is 9.90 Å². The molecule has 0 bridgehead atoms. The number of phenols is 1. The molecule has 1 aromatic rings.